The molecule has 0 radical (unpaired) electrons. The Hall–Kier alpha value is -7.41. The summed E-state index contributed by atoms with van der Waals surface area (Å²) in [6, 6.07) is 70.3. The minimum absolute atomic E-state index is 0.579. The molecule has 3 aromatic heterocycles. The molecule has 0 saturated carbocycles. The molecule has 0 amide bonds. The smallest absolute Gasteiger partial charge is 0.238 e. The zero-order valence-electron chi connectivity index (χ0n) is 30.7. The largest absolute Gasteiger partial charge is 0.309 e. The number of hydrogen-bond donors (Lipinski definition) is 0. The highest BCUT2D eigenvalue weighted by Crippen LogP contribution is 2.45. The van der Waals surface area contributed by atoms with Crippen molar-refractivity contribution in [2.45, 2.75) is 0 Å². The molecule has 6 heteroatoms. The molecule has 0 bridgehead atoms. The zero-order valence-corrected chi connectivity index (χ0v) is 31.5. The van der Waals surface area contributed by atoms with Crippen LogP contribution in [0.1, 0.15) is 0 Å². The second-order valence-electron chi connectivity index (χ2n) is 14.0. The topological polar surface area (TPSA) is 46.8 Å². The molecule has 0 atom stereocenters. The molecule has 57 heavy (non-hydrogen) atoms. The van der Waals surface area contributed by atoms with Crippen molar-refractivity contribution in [1.29, 1.82) is 0 Å². The highest BCUT2D eigenvalue weighted by atomic mass is 32.1. The van der Waals surface area contributed by atoms with Crippen LogP contribution >= 0.6 is 11.3 Å². The molecule has 268 valence electrons. The Labute approximate surface area is 333 Å². The highest BCUT2D eigenvalue weighted by molar-refractivity contribution is 7.26. The zero-order chi connectivity index (χ0) is 37.7. The Kier molecular flexibility index (Phi) is 7.93. The van der Waals surface area contributed by atoms with Crippen LogP contribution in [0.5, 0.6) is 0 Å². The van der Waals surface area contributed by atoms with Crippen molar-refractivity contribution in [1.82, 2.24) is 19.5 Å². The average Bonchev–Trinajstić information content (AvgIpc) is 3.84. The minimum Gasteiger partial charge on any atom is -0.309 e. The summed E-state index contributed by atoms with van der Waals surface area (Å²) >= 11 is 1.85. The lowest BCUT2D eigenvalue weighted by molar-refractivity contribution is 0.953. The molecule has 0 unspecified atom stereocenters. The number of fused-ring (bicyclic) bond motifs is 6. The van der Waals surface area contributed by atoms with Crippen molar-refractivity contribution in [3.8, 4) is 39.9 Å². The average molecular weight is 748 g/mol. The second-order valence-corrected chi connectivity index (χ2v) is 15.1. The molecule has 0 spiro atoms. The number of aromatic nitrogens is 4. The predicted molar refractivity (Wildman–Crippen MR) is 238 cm³/mol. The Morgan fingerprint density at radius 3 is 1.68 bits per heavy atom. The van der Waals surface area contributed by atoms with Gasteiger partial charge in [-0.05, 0) is 59.7 Å². The van der Waals surface area contributed by atoms with E-state index in [9.17, 15) is 0 Å². The number of hydrogen-bond acceptors (Lipinski definition) is 5. The van der Waals surface area contributed by atoms with Gasteiger partial charge in [0.15, 0.2) is 11.6 Å². The Bertz CT molecular complexity index is 3170. The fourth-order valence-corrected chi connectivity index (χ4v) is 9.28. The first kappa shape index (κ1) is 33.0. The maximum Gasteiger partial charge on any atom is 0.238 e. The summed E-state index contributed by atoms with van der Waals surface area (Å²) in [7, 11) is 0. The van der Waals surface area contributed by atoms with Gasteiger partial charge in [0.1, 0.15) is 0 Å². The monoisotopic (exact) mass is 747 g/mol. The van der Waals surface area contributed by atoms with Crippen LogP contribution in [-0.2, 0) is 0 Å². The molecule has 0 fully saturated rings. The molecule has 5 nitrogen and oxygen atoms in total. The van der Waals surface area contributed by atoms with Gasteiger partial charge in [-0.25, -0.2) is 4.98 Å². The first-order valence-corrected chi connectivity index (χ1v) is 19.9. The summed E-state index contributed by atoms with van der Waals surface area (Å²) in [6.07, 6.45) is 0. The van der Waals surface area contributed by atoms with Crippen molar-refractivity contribution in [2.24, 2.45) is 0 Å². The first-order chi connectivity index (χ1) is 28.3. The summed E-state index contributed by atoms with van der Waals surface area (Å²) in [6.45, 7) is 0. The maximum atomic E-state index is 5.13. The van der Waals surface area contributed by atoms with Crippen molar-refractivity contribution < 1.29 is 0 Å². The van der Waals surface area contributed by atoms with Gasteiger partial charge in [0, 0.05) is 48.7 Å². The standard InChI is InChI=1S/C51H33N5S/c1-4-16-35(17-5-1)49-52-50(36-18-6-2-7-19-36)54-51(53-49)56-43-26-12-10-23-42(43)47-39(24-14-27-44(47)56)34-30-32-38(33-31-34)55(37-20-8-3-9-21-37)45-28-15-25-41-40-22-11-13-29-46(40)57-48(41)45/h1-33H. The number of benzene rings is 8. The summed E-state index contributed by atoms with van der Waals surface area (Å²) in [5, 5.41) is 4.86. The molecule has 0 saturated heterocycles. The third-order valence-corrected chi connectivity index (χ3v) is 11.9. The van der Waals surface area contributed by atoms with Gasteiger partial charge in [-0.1, -0.05) is 152 Å². The van der Waals surface area contributed by atoms with Gasteiger partial charge >= 0.3 is 0 Å². The van der Waals surface area contributed by atoms with E-state index in [1.54, 1.807) is 0 Å². The van der Waals surface area contributed by atoms with E-state index >= 15 is 0 Å². The van der Waals surface area contributed by atoms with Gasteiger partial charge in [0.05, 0.1) is 21.4 Å². The fourth-order valence-electron chi connectivity index (χ4n) is 8.08. The van der Waals surface area contributed by atoms with E-state index in [0.29, 0.717) is 17.6 Å². The normalized spacial score (nSPS) is 11.5. The molecule has 11 aromatic rings. The molecule has 0 N–H and O–H groups in total. The van der Waals surface area contributed by atoms with Crippen molar-refractivity contribution in [3.05, 3.63) is 200 Å². The van der Waals surface area contributed by atoms with Gasteiger partial charge in [-0.15, -0.1) is 11.3 Å². The minimum atomic E-state index is 0.579. The predicted octanol–water partition coefficient (Wildman–Crippen LogP) is 13.8. The molecule has 0 aliphatic carbocycles. The number of nitrogens with zero attached hydrogens (tertiary/aromatic N) is 5. The van der Waals surface area contributed by atoms with E-state index in [4.69, 9.17) is 15.0 Å². The van der Waals surface area contributed by atoms with E-state index in [0.717, 1.165) is 55.4 Å². The van der Waals surface area contributed by atoms with Crippen LogP contribution in [0.15, 0.2) is 200 Å². The van der Waals surface area contributed by atoms with E-state index in [2.05, 4.69) is 149 Å². The highest BCUT2D eigenvalue weighted by Gasteiger charge is 2.21. The number of thiophene rings is 1. The molecule has 0 aliphatic heterocycles. The first-order valence-electron chi connectivity index (χ1n) is 19.0. The Morgan fingerprint density at radius 2 is 0.965 bits per heavy atom. The van der Waals surface area contributed by atoms with E-state index in [1.807, 2.05) is 72.0 Å². The van der Waals surface area contributed by atoms with E-state index in [1.165, 1.54) is 25.9 Å². The van der Waals surface area contributed by atoms with Gasteiger partial charge in [0.2, 0.25) is 5.95 Å². The second kappa shape index (κ2) is 13.7. The molecule has 0 aliphatic rings. The number of anilines is 3. The Balaban J connectivity index is 1.07. The number of rotatable bonds is 7. The van der Waals surface area contributed by atoms with Crippen molar-refractivity contribution >= 4 is 70.4 Å². The molecule has 3 heterocycles. The number of para-hydroxylation sites is 2. The summed E-state index contributed by atoms with van der Waals surface area (Å²) in [5.41, 5.74) is 9.59. The third kappa shape index (κ3) is 5.65. The van der Waals surface area contributed by atoms with Gasteiger partial charge in [0.25, 0.3) is 0 Å². The Morgan fingerprint density at radius 1 is 0.404 bits per heavy atom. The summed E-state index contributed by atoms with van der Waals surface area (Å²) in [5.74, 6) is 1.84. The molecular formula is C51H33N5S. The lowest BCUT2D eigenvalue weighted by Gasteiger charge is -2.26. The summed E-state index contributed by atoms with van der Waals surface area (Å²) in [4.78, 5) is 17.6. The lowest BCUT2D eigenvalue weighted by Crippen LogP contribution is -2.09. The quantitative estimate of drug-likeness (QED) is 0.163. The maximum absolute atomic E-state index is 5.13. The van der Waals surface area contributed by atoms with Crippen LogP contribution in [0.3, 0.4) is 0 Å². The van der Waals surface area contributed by atoms with Crippen LogP contribution in [0.4, 0.5) is 17.1 Å². The van der Waals surface area contributed by atoms with E-state index < -0.39 is 0 Å². The van der Waals surface area contributed by atoms with Crippen LogP contribution in [0, 0.1) is 0 Å². The van der Waals surface area contributed by atoms with Crippen LogP contribution in [0.25, 0.3) is 81.8 Å². The van der Waals surface area contributed by atoms with Gasteiger partial charge in [-0.3, -0.25) is 4.57 Å². The lowest BCUT2D eigenvalue weighted by atomic mass is 9.99. The third-order valence-electron chi connectivity index (χ3n) is 10.7. The summed E-state index contributed by atoms with van der Waals surface area (Å²) < 4.78 is 4.75. The van der Waals surface area contributed by atoms with E-state index in [-0.39, 0.29) is 0 Å². The molecular weight excluding hydrogens is 715 g/mol. The van der Waals surface area contributed by atoms with Crippen LogP contribution in [-0.4, -0.2) is 19.5 Å². The fraction of sp³-hybridized carbons (Fsp3) is 0. The van der Waals surface area contributed by atoms with Crippen molar-refractivity contribution in [3.63, 3.8) is 0 Å². The van der Waals surface area contributed by atoms with Gasteiger partial charge in [-0.2, -0.15) is 9.97 Å². The van der Waals surface area contributed by atoms with Crippen LogP contribution in [0.2, 0.25) is 0 Å². The molecule has 8 aromatic carbocycles. The van der Waals surface area contributed by atoms with Crippen molar-refractivity contribution in [2.75, 3.05) is 4.90 Å². The SMILES string of the molecule is c1ccc(-c2nc(-c3ccccc3)nc(-n3c4ccccc4c4c(-c5ccc(N(c6ccccc6)c6cccc7c6sc6ccccc67)cc5)cccc43)n2)cc1. The molecule has 11 rings (SSSR count). The van der Waals surface area contributed by atoms with Crippen LogP contribution < -0.4 is 4.90 Å². The van der Waals surface area contributed by atoms with Gasteiger partial charge < -0.3 is 4.90 Å².